The molecule has 2 heterocycles. The minimum absolute atomic E-state index is 0.426. The first-order chi connectivity index (χ1) is 5.70. The predicted molar refractivity (Wildman–Crippen MR) is 52.0 cm³/mol. The Labute approximate surface area is 76.3 Å². The van der Waals surface area contributed by atoms with Gasteiger partial charge in [-0.1, -0.05) is 0 Å². The minimum atomic E-state index is 0.426. The summed E-state index contributed by atoms with van der Waals surface area (Å²) in [6.07, 6.45) is 0. The summed E-state index contributed by atoms with van der Waals surface area (Å²) in [7, 11) is 0. The fourth-order valence-corrected chi connectivity index (χ4v) is 2.63. The molecule has 0 saturated heterocycles. The van der Waals surface area contributed by atoms with Gasteiger partial charge in [-0.3, -0.25) is 4.68 Å². The lowest BCUT2D eigenvalue weighted by Gasteiger charge is -2.07. The van der Waals surface area contributed by atoms with E-state index in [1.807, 2.05) is 16.4 Å². The van der Waals surface area contributed by atoms with Crippen molar-refractivity contribution in [1.82, 2.24) is 9.78 Å². The van der Waals surface area contributed by atoms with Gasteiger partial charge in [-0.2, -0.15) is 16.9 Å². The van der Waals surface area contributed by atoms with Gasteiger partial charge in [0.1, 0.15) is 5.82 Å². The third-order valence-electron chi connectivity index (χ3n) is 2.12. The van der Waals surface area contributed by atoms with Gasteiger partial charge < -0.3 is 5.73 Å². The van der Waals surface area contributed by atoms with Gasteiger partial charge in [0, 0.05) is 23.1 Å². The Kier molecular flexibility index (Phi) is 1.79. The SMILES string of the molecule is CC(C)n1nc(N)c2c1CSC2. The molecule has 0 aromatic carbocycles. The topological polar surface area (TPSA) is 43.8 Å². The van der Waals surface area contributed by atoms with Crippen molar-refractivity contribution < 1.29 is 0 Å². The van der Waals surface area contributed by atoms with Gasteiger partial charge in [0.2, 0.25) is 0 Å². The highest BCUT2D eigenvalue weighted by atomic mass is 32.2. The number of hydrogen-bond donors (Lipinski definition) is 1. The molecule has 0 bridgehead atoms. The van der Waals surface area contributed by atoms with E-state index in [-0.39, 0.29) is 0 Å². The van der Waals surface area contributed by atoms with Crippen LogP contribution in [-0.2, 0) is 11.5 Å². The molecule has 0 aliphatic carbocycles. The van der Waals surface area contributed by atoms with E-state index in [0.717, 1.165) is 17.3 Å². The fourth-order valence-electron chi connectivity index (χ4n) is 1.51. The fraction of sp³-hybridized carbons (Fsp3) is 0.625. The maximum Gasteiger partial charge on any atom is 0.149 e. The second kappa shape index (κ2) is 2.69. The summed E-state index contributed by atoms with van der Waals surface area (Å²) in [5.41, 5.74) is 8.37. The first-order valence-electron chi connectivity index (χ1n) is 4.13. The molecular formula is C8H13N3S. The van der Waals surface area contributed by atoms with E-state index >= 15 is 0 Å². The van der Waals surface area contributed by atoms with Crippen LogP contribution in [-0.4, -0.2) is 9.78 Å². The number of fused-ring (bicyclic) bond motifs is 1. The zero-order valence-corrected chi connectivity index (χ0v) is 8.19. The van der Waals surface area contributed by atoms with Gasteiger partial charge in [-0.15, -0.1) is 0 Å². The average molecular weight is 183 g/mol. The van der Waals surface area contributed by atoms with E-state index in [2.05, 4.69) is 18.9 Å². The maximum atomic E-state index is 5.79. The molecule has 3 nitrogen and oxygen atoms in total. The molecule has 1 aromatic rings. The molecule has 0 saturated carbocycles. The van der Waals surface area contributed by atoms with Gasteiger partial charge in [0.05, 0.1) is 5.69 Å². The molecule has 12 heavy (non-hydrogen) atoms. The summed E-state index contributed by atoms with van der Waals surface area (Å²) in [5.74, 6) is 2.83. The van der Waals surface area contributed by atoms with Crippen molar-refractivity contribution in [2.75, 3.05) is 5.73 Å². The van der Waals surface area contributed by atoms with Crippen LogP contribution in [0, 0.1) is 0 Å². The minimum Gasteiger partial charge on any atom is -0.382 e. The Morgan fingerprint density at radius 2 is 2.25 bits per heavy atom. The van der Waals surface area contributed by atoms with E-state index < -0.39 is 0 Å². The quantitative estimate of drug-likeness (QED) is 0.722. The van der Waals surface area contributed by atoms with Crippen LogP contribution in [0.1, 0.15) is 31.1 Å². The number of nitrogens with zero attached hydrogens (tertiary/aromatic N) is 2. The van der Waals surface area contributed by atoms with Crippen molar-refractivity contribution in [3.05, 3.63) is 11.3 Å². The first kappa shape index (κ1) is 7.98. The number of nitrogens with two attached hydrogens (primary N) is 1. The number of thioether (sulfide) groups is 1. The lowest BCUT2D eigenvalue weighted by molar-refractivity contribution is 0.519. The number of hydrogen-bond acceptors (Lipinski definition) is 3. The highest BCUT2D eigenvalue weighted by Gasteiger charge is 2.21. The molecule has 2 N–H and O–H groups in total. The molecule has 4 heteroatoms. The molecule has 1 aliphatic rings. The lowest BCUT2D eigenvalue weighted by atomic mass is 10.2. The summed E-state index contributed by atoms with van der Waals surface area (Å²) in [6, 6.07) is 0.426. The second-order valence-electron chi connectivity index (χ2n) is 3.34. The summed E-state index contributed by atoms with van der Waals surface area (Å²) >= 11 is 1.91. The summed E-state index contributed by atoms with van der Waals surface area (Å²) in [6.45, 7) is 4.27. The van der Waals surface area contributed by atoms with Gasteiger partial charge in [0.15, 0.2) is 0 Å². The highest BCUT2D eigenvalue weighted by molar-refractivity contribution is 7.98. The predicted octanol–water partition coefficient (Wildman–Crippen LogP) is 1.79. The standard InChI is InChI=1S/C8H13N3S/c1-5(2)11-7-4-12-3-6(7)8(9)10-11/h5H,3-4H2,1-2H3,(H2,9,10). The van der Waals surface area contributed by atoms with Gasteiger partial charge >= 0.3 is 0 Å². The molecule has 66 valence electrons. The van der Waals surface area contributed by atoms with Crippen LogP contribution in [0.15, 0.2) is 0 Å². The normalized spacial score (nSPS) is 15.6. The van der Waals surface area contributed by atoms with E-state index in [0.29, 0.717) is 6.04 Å². The zero-order valence-electron chi connectivity index (χ0n) is 7.37. The molecule has 0 amide bonds. The molecule has 1 aromatic heterocycles. The zero-order chi connectivity index (χ0) is 8.72. The number of aromatic nitrogens is 2. The molecular weight excluding hydrogens is 170 g/mol. The molecule has 0 atom stereocenters. The second-order valence-corrected chi connectivity index (χ2v) is 4.33. The molecule has 0 radical (unpaired) electrons. The van der Waals surface area contributed by atoms with Crippen LogP contribution in [0.4, 0.5) is 5.82 Å². The van der Waals surface area contributed by atoms with E-state index in [9.17, 15) is 0 Å². The van der Waals surface area contributed by atoms with Crippen LogP contribution in [0.3, 0.4) is 0 Å². The van der Waals surface area contributed by atoms with Gasteiger partial charge in [-0.05, 0) is 13.8 Å². The third-order valence-corrected chi connectivity index (χ3v) is 3.09. The molecule has 0 spiro atoms. The molecule has 0 unspecified atom stereocenters. The highest BCUT2D eigenvalue weighted by Crippen LogP contribution is 2.34. The molecule has 0 fully saturated rings. The van der Waals surface area contributed by atoms with Crippen molar-refractivity contribution in [2.45, 2.75) is 31.4 Å². The van der Waals surface area contributed by atoms with Crippen LogP contribution < -0.4 is 5.73 Å². The molecule has 2 rings (SSSR count). The van der Waals surface area contributed by atoms with Crippen molar-refractivity contribution in [3.8, 4) is 0 Å². The van der Waals surface area contributed by atoms with Crippen molar-refractivity contribution >= 4 is 17.6 Å². The maximum absolute atomic E-state index is 5.79. The lowest BCUT2D eigenvalue weighted by Crippen LogP contribution is -2.06. The largest absolute Gasteiger partial charge is 0.382 e. The Bertz CT molecular complexity index is 303. The van der Waals surface area contributed by atoms with Crippen LogP contribution in [0.2, 0.25) is 0 Å². The summed E-state index contributed by atoms with van der Waals surface area (Å²) in [5, 5.41) is 4.31. The van der Waals surface area contributed by atoms with Crippen LogP contribution in [0.5, 0.6) is 0 Å². The summed E-state index contributed by atoms with van der Waals surface area (Å²) < 4.78 is 2.05. The van der Waals surface area contributed by atoms with Crippen LogP contribution >= 0.6 is 11.8 Å². The number of anilines is 1. The first-order valence-corrected chi connectivity index (χ1v) is 5.29. The van der Waals surface area contributed by atoms with Crippen molar-refractivity contribution in [2.24, 2.45) is 0 Å². The van der Waals surface area contributed by atoms with Crippen LogP contribution in [0.25, 0.3) is 0 Å². The van der Waals surface area contributed by atoms with Crippen molar-refractivity contribution in [1.29, 1.82) is 0 Å². The van der Waals surface area contributed by atoms with Gasteiger partial charge in [-0.25, -0.2) is 0 Å². The van der Waals surface area contributed by atoms with Gasteiger partial charge in [0.25, 0.3) is 0 Å². The molecule has 1 aliphatic heterocycles. The van der Waals surface area contributed by atoms with E-state index in [4.69, 9.17) is 5.73 Å². The third kappa shape index (κ3) is 1.02. The Morgan fingerprint density at radius 1 is 1.50 bits per heavy atom. The Balaban J connectivity index is 2.51. The summed E-state index contributed by atoms with van der Waals surface area (Å²) in [4.78, 5) is 0. The average Bonchev–Trinajstić information content (AvgIpc) is 2.53. The number of rotatable bonds is 1. The monoisotopic (exact) mass is 183 g/mol. The Hall–Kier alpha value is -0.640. The van der Waals surface area contributed by atoms with E-state index in [1.54, 1.807) is 0 Å². The Morgan fingerprint density at radius 3 is 2.92 bits per heavy atom. The van der Waals surface area contributed by atoms with E-state index in [1.165, 1.54) is 11.3 Å². The smallest absolute Gasteiger partial charge is 0.149 e. The van der Waals surface area contributed by atoms with Crippen molar-refractivity contribution in [3.63, 3.8) is 0 Å². The number of nitrogen functional groups attached to an aromatic ring is 1.